The van der Waals surface area contributed by atoms with Crippen molar-refractivity contribution in [1.82, 2.24) is 9.21 Å². The van der Waals surface area contributed by atoms with Crippen LogP contribution in [0.15, 0.2) is 83.8 Å². The van der Waals surface area contributed by atoms with E-state index in [1.807, 2.05) is 35.2 Å². The van der Waals surface area contributed by atoms with Crippen molar-refractivity contribution in [1.29, 1.82) is 0 Å². The zero-order valence-electron chi connectivity index (χ0n) is 20.5. The third kappa shape index (κ3) is 5.24. The molecule has 11 heteroatoms. The molecule has 206 valence electrons. The van der Waals surface area contributed by atoms with Crippen molar-refractivity contribution in [2.45, 2.75) is 29.1 Å². The fraction of sp³-hybridized carbons (Fsp3) is 0.286. The number of alkyl halides is 3. The molecule has 0 bridgehead atoms. The van der Waals surface area contributed by atoms with E-state index in [1.165, 1.54) is 12.1 Å². The topological polar surface area (TPSA) is 60.9 Å². The maximum atomic E-state index is 13.7. The van der Waals surface area contributed by atoms with Gasteiger partial charge in [0, 0.05) is 43.2 Å². The van der Waals surface area contributed by atoms with Crippen LogP contribution in [0, 0.1) is 0 Å². The van der Waals surface area contributed by atoms with Gasteiger partial charge in [0.25, 0.3) is 0 Å². The van der Waals surface area contributed by atoms with E-state index in [4.69, 9.17) is 23.2 Å². The van der Waals surface area contributed by atoms with Crippen molar-refractivity contribution in [3.05, 3.63) is 100 Å². The average Bonchev–Trinajstić information content (AvgIpc) is 2.89. The summed E-state index contributed by atoms with van der Waals surface area (Å²) >= 11 is 12.5. The van der Waals surface area contributed by atoms with Crippen LogP contribution >= 0.6 is 23.2 Å². The van der Waals surface area contributed by atoms with Gasteiger partial charge in [-0.1, -0.05) is 83.9 Å². The molecule has 1 saturated heterocycles. The Balaban J connectivity index is 1.47. The molecular formula is C28H25Cl2F3N2O3S. The van der Waals surface area contributed by atoms with E-state index in [9.17, 15) is 26.7 Å². The lowest BCUT2D eigenvalue weighted by Crippen LogP contribution is -2.67. The van der Waals surface area contributed by atoms with Crippen molar-refractivity contribution in [3.8, 4) is 11.1 Å². The molecule has 3 aromatic carbocycles. The van der Waals surface area contributed by atoms with Gasteiger partial charge >= 0.3 is 6.18 Å². The molecule has 3 atom stereocenters. The summed E-state index contributed by atoms with van der Waals surface area (Å²) in [6.07, 6.45) is -1.40. The maximum absolute atomic E-state index is 13.7. The molecule has 0 spiro atoms. The normalized spacial score (nSPS) is 23.4. The molecule has 1 unspecified atom stereocenters. The molecule has 1 N–H and O–H groups in total. The molecule has 39 heavy (non-hydrogen) atoms. The molecule has 2 aliphatic rings. The fourth-order valence-electron chi connectivity index (χ4n) is 5.51. The van der Waals surface area contributed by atoms with E-state index in [2.05, 4.69) is 0 Å². The van der Waals surface area contributed by atoms with Crippen molar-refractivity contribution in [3.63, 3.8) is 0 Å². The van der Waals surface area contributed by atoms with Crippen molar-refractivity contribution in [2.24, 2.45) is 0 Å². The van der Waals surface area contributed by atoms with E-state index >= 15 is 0 Å². The number of rotatable bonds is 5. The van der Waals surface area contributed by atoms with Crippen LogP contribution in [0.2, 0.25) is 10.0 Å². The first kappa shape index (κ1) is 28.1. The van der Waals surface area contributed by atoms with Crippen molar-refractivity contribution < 1.29 is 26.7 Å². The molecule has 5 rings (SSSR count). The lowest BCUT2D eigenvalue weighted by molar-refractivity contribution is -0.139. The van der Waals surface area contributed by atoms with E-state index in [1.54, 1.807) is 24.3 Å². The summed E-state index contributed by atoms with van der Waals surface area (Å²) in [5, 5.41) is 11.1. The Morgan fingerprint density at radius 1 is 0.923 bits per heavy atom. The quantitative estimate of drug-likeness (QED) is 0.363. The summed E-state index contributed by atoms with van der Waals surface area (Å²) in [7, 11) is -4.47. The predicted molar refractivity (Wildman–Crippen MR) is 145 cm³/mol. The molecule has 0 radical (unpaired) electrons. The zero-order chi connectivity index (χ0) is 27.9. The first-order valence-corrected chi connectivity index (χ1v) is 14.5. The van der Waals surface area contributed by atoms with Crippen LogP contribution in [-0.2, 0) is 16.2 Å². The van der Waals surface area contributed by atoms with E-state index < -0.39 is 26.7 Å². The summed E-state index contributed by atoms with van der Waals surface area (Å²) in [5.41, 5.74) is 1.30. The van der Waals surface area contributed by atoms with Crippen molar-refractivity contribution in [2.75, 3.05) is 26.2 Å². The Labute approximate surface area is 235 Å². The van der Waals surface area contributed by atoms with Gasteiger partial charge < -0.3 is 5.11 Å². The molecule has 0 amide bonds. The summed E-state index contributed by atoms with van der Waals surface area (Å²) < 4.78 is 69.2. The summed E-state index contributed by atoms with van der Waals surface area (Å²) in [5.74, 6) is -0.235. The second-order valence-corrected chi connectivity index (χ2v) is 12.2. The SMILES string of the molecule is O=S(=O)(c1ccccc1C(F)(F)F)N1C/C=C\CN2C(C1)[C@H](c1ccc(-c3cccc(Cl)c3Cl)cc1)[C@H]2CO. The highest BCUT2D eigenvalue weighted by Gasteiger charge is 2.50. The first-order valence-electron chi connectivity index (χ1n) is 12.3. The number of nitrogens with zero attached hydrogens (tertiary/aromatic N) is 2. The Morgan fingerprint density at radius 2 is 1.62 bits per heavy atom. The van der Waals surface area contributed by atoms with Gasteiger partial charge in [-0.3, -0.25) is 4.90 Å². The van der Waals surface area contributed by atoms with Gasteiger partial charge in [0.1, 0.15) is 0 Å². The largest absolute Gasteiger partial charge is 0.417 e. The van der Waals surface area contributed by atoms with E-state index in [0.717, 1.165) is 33.1 Å². The minimum atomic E-state index is -4.82. The third-order valence-electron chi connectivity index (χ3n) is 7.42. The minimum absolute atomic E-state index is 0.0259. The molecular weight excluding hydrogens is 572 g/mol. The number of fused-ring (bicyclic) bond motifs is 1. The predicted octanol–water partition coefficient (Wildman–Crippen LogP) is 6.07. The number of hydrogen-bond donors (Lipinski definition) is 1. The number of aliphatic hydroxyl groups excluding tert-OH is 1. The number of benzene rings is 3. The Bertz CT molecular complexity index is 1500. The Morgan fingerprint density at radius 3 is 2.31 bits per heavy atom. The van der Waals surface area contributed by atoms with Gasteiger partial charge in [-0.15, -0.1) is 0 Å². The molecule has 5 nitrogen and oxygen atoms in total. The summed E-state index contributed by atoms with van der Waals surface area (Å²) in [6, 6.07) is 16.6. The van der Waals surface area contributed by atoms with Crippen LogP contribution in [0.3, 0.4) is 0 Å². The molecule has 0 aromatic heterocycles. The molecule has 2 aliphatic heterocycles. The van der Waals surface area contributed by atoms with Gasteiger partial charge in [-0.2, -0.15) is 17.5 Å². The van der Waals surface area contributed by atoms with Crippen LogP contribution in [-0.4, -0.2) is 61.1 Å². The lowest BCUT2D eigenvalue weighted by Gasteiger charge is -2.56. The standard InChI is InChI=1S/C28H25Cl2F3N2O3S/c29-22-8-5-6-20(27(22)30)18-10-12-19(13-11-18)26-23-16-34(14-3-4-15-35(23)24(26)17-36)39(37,38)25-9-2-1-7-21(25)28(31,32)33/h1-13,23-24,26,36H,14-17H2/b4-3-/t23?,24-,26+/m1/s1. The van der Waals surface area contributed by atoms with Gasteiger partial charge in [-0.25, -0.2) is 8.42 Å². The van der Waals surface area contributed by atoms with Gasteiger partial charge in [0.15, 0.2) is 0 Å². The zero-order valence-corrected chi connectivity index (χ0v) is 22.9. The van der Waals surface area contributed by atoms with Crippen LogP contribution in [0.25, 0.3) is 11.1 Å². The first-order chi connectivity index (χ1) is 18.5. The van der Waals surface area contributed by atoms with E-state index in [-0.39, 0.29) is 37.7 Å². The summed E-state index contributed by atoms with van der Waals surface area (Å²) in [4.78, 5) is 1.22. The second kappa shape index (κ2) is 10.9. The second-order valence-electron chi connectivity index (χ2n) is 9.55. The maximum Gasteiger partial charge on any atom is 0.417 e. The highest BCUT2D eigenvalue weighted by molar-refractivity contribution is 7.89. The van der Waals surface area contributed by atoms with Crippen LogP contribution in [0.5, 0.6) is 0 Å². The van der Waals surface area contributed by atoms with Crippen LogP contribution in [0.1, 0.15) is 17.0 Å². The Kier molecular flexibility index (Phi) is 7.85. The number of sulfonamides is 1. The van der Waals surface area contributed by atoms with Gasteiger partial charge in [0.05, 0.1) is 27.1 Å². The number of hydrogen-bond acceptors (Lipinski definition) is 4. The van der Waals surface area contributed by atoms with Gasteiger partial charge in [0.2, 0.25) is 10.0 Å². The lowest BCUT2D eigenvalue weighted by atomic mass is 9.74. The molecule has 0 aliphatic carbocycles. The van der Waals surface area contributed by atoms with Crippen LogP contribution < -0.4 is 0 Å². The molecule has 3 aromatic rings. The summed E-state index contributed by atoms with van der Waals surface area (Å²) in [6.45, 7) is 0.264. The van der Waals surface area contributed by atoms with Gasteiger partial charge in [-0.05, 0) is 29.3 Å². The highest BCUT2D eigenvalue weighted by atomic mass is 35.5. The van der Waals surface area contributed by atoms with Crippen molar-refractivity contribution >= 4 is 33.2 Å². The van der Waals surface area contributed by atoms with Crippen LogP contribution in [0.4, 0.5) is 13.2 Å². The third-order valence-corrected chi connectivity index (χ3v) is 10.1. The monoisotopic (exact) mass is 596 g/mol. The minimum Gasteiger partial charge on any atom is -0.395 e. The smallest absolute Gasteiger partial charge is 0.395 e. The highest BCUT2D eigenvalue weighted by Crippen LogP contribution is 2.43. The van der Waals surface area contributed by atoms with E-state index in [0.29, 0.717) is 16.6 Å². The number of halogens is 5. The average molecular weight is 597 g/mol. The Hall–Kier alpha value is -2.40. The number of aliphatic hydroxyl groups is 1. The molecule has 2 heterocycles. The fourth-order valence-corrected chi connectivity index (χ4v) is 7.54. The molecule has 0 saturated carbocycles. The molecule has 1 fully saturated rings.